The van der Waals surface area contributed by atoms with E-state index in [0.29, 0.717) is 17.3 Å². The van der Waals surface area contributed by atoms with Crippen LogP contribution < -0.4 is 5.32 Å². The molecule has 1 fully saturated rings. The third-order valence-electron chi connectivity index (χ3n) is 4.29. The highest BCUT2D eigenvalue weighted by molar-refractivity contribution is 5.92. The summed E-state index contributed by atoms with van der Waals surface area (Å²) >= 11 is 0. The third-order valence-corrected chi connectivity index (χ3v) is 4.29. The first-order valence-corrected chi connectivity index (χ1v) is 7.99. The van der Waals surface area contributed by atoms with Crippen molar-refractivity contribution in [2.45, 2.75) is 31.3 Å². The number of rotatable bonds is 5. The van der Waals surface area contributed by atoms with Crippen LogP contribution in [0.15, 0.2) is 45.3 Å². The molecule has 0 unspecified atom stereocenters. The summed E-state index contributed by atoms with van der Waals surface area (Å²) in [4.78, 5) is 12.2. The number of aliphatic hydroxyl groups is 1. The molecule has 2 N–H and O–H groups in total. The third kappa shape index (κ3) is 2.80. The number of furan rings is 1. The van der Waals surface area contributed by atoms with Crippen LogP contribution in [-0.2, 0) is 5.60 Å². The SMILES string of the molecule is C[C@@](O)(CNC(=O)c1cc(C2CC2)on1)c1cc2ccccc2o1. The van der Waals surface area contributed by atoms with Gasteiger partial charge in [-0.05, 0) is 31.9 Å². The highest BCUT2D eigenvalue weighted by Gasteiger charge is 2.31. The first-order valence-electron chi connectivity index (χ1n) is 7.99. The van der Waals surface area contributed by atoms with E-state index >= 15 is 0 Å². The van der Waals surface area contributed by atoms with Crippen molar-refractivity contribution in [3.8, 4) is 0 Å². The standard InChI is InChI=1S/C18H18N2O4/c1-18(22,16-8-12-4-2-3-5-14(12)23-16)10-19-17(21)13-9-15(24-20-13)11-6-7-11/h2-5,8-9,11,22H,6-7,10H2,1H3,(H,19,21)/t18-/m1/s1. The Morgan fingerprint density at radius 2 is 2.17 bits per heavy atom. The molecular formula is C18H18N2O4. The van der Waals surface area contributed by atoms with E-state index in [1.54, 1.807) is 19.1 Å². The van der Waals surface area contributed by atoms with E-state index in [-0.39, 0.29) is 18.1 Å². The molecule has 1 aliphatic carbocycles. The largest absolute Gasteiger partial charge is 0.458 e. The highest BCUT2D eigenvalue weighted by atomic mass is 16.5. The van der Waals surface area contributed by atoms with Gasteiger partial charge >= 0.3 is 0 Å². The van der Waals surface area contributed by atoms with E-state index in [4.69, 9.17) is 8.94 Å². The molecule has 4 rings (SSSR count). The molecule has 6 heteroatoms. The lowest BCUT2D eigenvalue weighted by Gasteiger charge is -2.20. The summed E-state index contributed by atoms with van der Waals surface area (Å²) in [5, 5.41) is 18.0. The molecule has 124 valence electrons. The Kier molecular flexibility index (Phi) is 3.42. The van der Waals surface area contributed by atoms with Crippen LogP contribution in [0.1, 0.15) is 47.7 Å². The smallest absolute Gasteiger partial charge is 0.273 e. The lowest BCUT2D eigenvalue weighted by Crippen LogP contribution is -2.38. The second kappa shape index (κ2) is 5.49. The van der Waals surface area contributed by atoms with Gasteiger partial charge < -0.3 is 19.4 Å². The minimum absolute atomic E-state index is 0.0112. The average molecular weight is 326 g/mol. The summed E-state index contributed by atoms with van der Waals surface area (Å²) in [6.45, 7) is 1.61. The van der Waals surface area contributed by atoms with Gasteiger partial charge in [0.1, 0.15) is 22.7 Å². The van der Waals surface area contributed by atoms with Gasteiger partial charge in [0.2, 0.25) is 0 Å². The second-order valence-corrected chi connectivity index (χ2v) is 6.49. The van der Waals surface area contributed by atoms with Crippen LogP contribution in [0.3, 0.4) is 0 Å². The number of carbonyl (C=O) groups excluding carboxylic acids is 1. The molecule has 1 amide bonds. The first kappa shape index (κ1) is 15.0. The van der Waals surface area contributed by atoms with Crippen molar-refractivity contribution >= 4 is 16.9 Å². The quantitative estimate of drug-likeness (QED) is 0.752. The number of benzene rings is 1. The monoisotopic (exact) mass is 326 g/mol. The molecule has 1 aliphatic rings. The molecule has 3 aromatic rings. The maximum atomic E-state index is 12.2. The molecule has 0 aliphatic heterocycles. The van der Waals surface area contributed by atoms with Crippen molar-refractivity contribution in [1.29, 1.82) is 0 Å². The normalized spacial score (nSPS) is 16.9. The van der Waals surface area contributed by atoms with E-state index in [1.165, 1.54) is 0 Å². The second-order valence-electron chi connectivity index (χ2n) is 6.49. The van der Waals surface area contributed by atoms with Crippen molar-refractivity contribution in [3.05, 3.63) is 53.6 Å². The van der Waals surface area contributed by atoms with Gasteiger partial charge in [0.15, 0.2) is 5.69 Å². The molecule has 6 nitrogen and oxygen atoms in total. The van der Waals surface area contributed by atoms with E-state index < -0.39 is 5.60 Å². The topological polar surface area (TPSA) is 88.5 Å². The van der Waals surface area contributed by atoms with Crippen molar-refractivity contribution in [1.82, 2.24) is 10.5 Å². The van der Waals surface area contributed by atoms with Crippen LogP contribution in [0.5, 0.6) is 0 Å². The van der Waals surface area contributed by atoms with Crippen LogP contribution in [-0.4, -0.2) is 22.7 Å². The van der Waals surface area contributed by atoms with Gasteiger partial charge in [-0.15, -0.1) is 0 Å². The predicted molar refractivity (Wildman–Crippen MR) is 86.6 cm³/mol. The molecule has 2 heterocycles. The van der Waals surface area contributed by atoms with Crippen molar-refractivity contribution < 1.29 is 18.8 Å². The number of carbonyl (C=O) groups is 1. The predicted octanol–water partition coefficient (Wildman–Crippen LogP) is 2.94. The number of fused-ring (bicyclic) bond motifs is 1. The van der Waals surface area contributed by atoms with Gasteiger partial charge in [-0.2, -0.15) is 0 Å². The summed E-state index contributed by atoms with van der Waals surface area (Å²) in [5.74, 6) is 1.19. The fourth-order valence-electron chi connectivity index (χ4n) is 2.63. The molecule has 1 saturated carbocycles. The maximum Gasteiger partial charge on any atom is 0.273 e. The summed E-state index contributed by atoms with van der Waals surface area (Å²) in [5.41, 5.74) is -0.389. The minimum atomic E-state index is -1.32. The van der Waals surface area contributed by atoms with Crippen molar-refractivity contribution in [3.63, 3.8) is 0 Å². The summed E-state index contributed by atoms with van der Waals surface area (Å²) < 4.78 is 10.9. The van der Waals surface area contributed by atoms with Gasteiger partial charge in [-0.25, -0.2) is 0 Å². The minimum Gasteiger partial charge on any atom is -0.458 e. The van der Waals surface area contributed by atoms with E-state index in [9.17, 15) is 9.90 Å². The Morgan fingerprint density at radius 3 is 2.92 bits per heavy atom. The van der Waals surface area contributed by atoms with Gasteiger partial charge in [0.05, 0.1) is 6.54 Å². The lowest BCUT2D eigenvalue weighted by atomic mass is 10.0. The number of hydrogen-bond acceptors (Lipinski definition) is 5. The zero-order chi connectivity index (χ0) is 16.7. The number of aromatic nitrogens is 1. The van der Waals surface area contributed by atoms with Crippen LogP contribution in [0.25, 0.3) is 11.0 Å². The molecule has 0 spiro atoms. The van der Waals surface area contributed by atoms with Crippen LogP contribution >= 0.6 is 0 Å². The molecule has 0 saturated heterocycles. The molecule has 24 heavy (non-hydrogen) atoms. The van der Waals surface area contributed by atoms with Crippen molar-refractivity contribution in [2.24, 2.45) is 0 Å². The Hall–Kier alpha value is -2.60. The summed E-state index contributed by atoms with van der Waals surface area (Å²) in [6, 6.07) is 11.0. The fourth-order valence-corrected chi connectivity index (χ4v) is 2.63. The Labute approximate surface area is 138 Å². The molecule has 1 atom stereocenters. The van der Waals surface area contributed by atoms with Crippen LogP contribution in [0.2, 0.25) is 0 Å². The van der Waals surface area contributed by atoms with E-state index in [1.807, 2.05) is 24.3 Å². The zero-order valence-electron chi connectivity index (χ0n) is 13.3. The van der Waals surface area contributed by atoms with Crippen LogP contribution in [0, 0.1) is 0 Å². The molecule has 0 radical (unpaired) electrons. The fraction of sp³-hybridized carbons (Fsp3) is 0.333. The summed E-state index contributed by atoms with van der Waals surface area (Å²) in [7, 11) is 0. The Balaban J connectivity index is 1.45. The Morgan fingerprint density at radius 1 is 1.38 bits per heavy atom. The Bertz CT molecular complexity index is 856. The van der Waals surface area contributed by atoms with Gasteiger partial charge in [0, 0.05) is 17.4 Å². The maximum absolute atomic E-state index is 12.2. The number of amides is 1. The van der Waals surface area contributed by atoms with Crippen LogP contribution in [0.4, 0.5) is 0 Å². The summed E-state index contributed by atoms with van der Waals surface area (Å²) in [6.07, 6.45) is 2.16. The number of hydrogen-bond donors (Lipinski definition) is 2. The average Bonchev–Trinajstić information content (AvgIpc) is 3.13. The number of para-hydroxylation sites is 1. The number of nitrogens with zero attached hydrogens (tertiary/aromatic N) is 1. The zero-order valence-corrected chi connectivity index (χ0v) is 13.3. The van der Waals surface area contributed by atoms with Gasteiger partial charge in [-0.1, -0.05) is 23.4 Å². The molecule has 0 bridgehead atoms. The number of nitrogens with one attached hydrogen (secondary N) is 1. The van der Waals surface area contributed by atoms with E-state index in [0.717, 1.165) is 24.0 Å². The van der Waals surface area contributed by atoms with Gasteiger partial charge in [0.25, 0.3) is 5.91 Å². The first-order chi connectivity index (χ1) is 11.5. The lowest BCUT2D eigenvalue weighted by molar-refractivity contribution is 0.0343. The van der Waals surface area contributed by atoms with Gasteiger partial charge in [-0.3, -0.25) is 4.79 Å². The molecule has 2 aromatic heterocycles. The molecule has 1 aromatic carbocycles. The highest BCUT2D eigenvalue weighted by Crippen LogP contribution is 2.40. The van der Waals surface area contributed by atoms with Crippen molar-refractivity contribution in [2.75, 3.05) is 6.54 Å². The molecular weight excluding hydrogens is 308 g/mol. The van der Waals surface area contributed by atoms with E-state index in [2.05, 4.69) is 10.5 Å².